The van der Waals surface area contributed by atoms with E-state index < -0.39 is 30.4 Å². The highest BCUT2D eigenvalue weighted by atomic mass is 16.7. The van der Waals surface area contributed by atoms with E-state index in [-0.39, 0.29) is 12.2 Å². The Kier molecular flexibility index (Phi) is 25.7. The summed E-state index contributed by atoms with van der Waals surface area (Å²) in [6.45, 7) is 9.28. The highest BCUT2D eigenvalue weighted by molar-refractivity contribution is 5.96. The van der Waals surface area contributed by atoms with Crippen LogP contribution in [-0.2, 0) is 23.9 Å². The van der Waals surface area contributed by atoms with Gasteiger partial charge in [-0.05, 0) is 59.8 Å². The van der Waals surface area contributed by atoms with Crippen LogP contribution in [0.15, 0.2) is 12.2 Å². The van der Waals surface area contributed by atoms with Crippen molar-refractivity contribution in [3.63, 3.8) is 0 Å². The summed E-state index contributed by atoms with van der Waals surface area (Å²) in [6, 6.07) is 0. The minimum atomic E-state index is -1.18. The summed E-state index contributed by atoms with van der Waals surface area (Å²) in [5.74, 6) is -2.41. The van der Waals surface area contributed by atoms with Gasteiger partial charge in [-0.15, -0.1) is 0 Å². The number of ether oxygens (including phenoxy) is 2. The Bertz CT molecular complexity index is 546. The molecule has 0 radical (unpaired) electrons. The van der Waals surface area contributed by atoms with Crippen molar-refractivity contribution in [2.45, 2.75) is 149 Å². The second-order valence-electron chi connectivity index (χ2n) is 9.47. The Balaban J connectivity index is 0. The van der Waals surface area contributed by atoms with Crippen molar-refractivity contribution < 1.29 is 34.1 Å². The van der Waals surface area contributed by atoms with Gasteiger partial charge in [0, 0.05) is 6.42 Å². The molecule has 0 bridgehead atoms. The summed E-state index contributed by atoms with van der Waals surface area (Å²) in [5.41, 5.74) is 0. The zero-order valence-corrected chi connectivity index (χ0v) is 22.9. The number of aliphatic carboxylic acids is 2. The largest absolute Gasteiger partial charge is 0.481 e. The number of rotatable bonds is 22. The van der Waals surface area contributed by atoms with Crippen LogP contribution in [0.1, 0.15) is 131 Å². The topological polar surface area (TPSA) is 110 Å². The van der Waals surface area contributed by atoms with E-state index in [9.17, 15) is 14.4 Å². The van der Waals surface area contributed by atoms with Gasteiger partial charge in [0.1, 0.15) is 6.42 Å². The van der Waals surface area contributed by atoms with Gasteiger partial charge in [-0.25, -0.2) is 0 Å². The first-order chi connectivity index (χ1) is 16.6. The molecule has 7 nitrogen and oxygen atoms in total. The molecule has 0 atom stereocenters. The van der Waals surface area contributed by atoms with Crippen molar-refractivity contribution in [3.8, 4) is 0 Å². The number of carboxylic acid groups (broad SMARTS) is 2. The van der Waals surface area contributed by atoms with Crippen molar-refractivity contribution in [1.29, 1.82) is 0 Å². The number of carbonyl (C=O) groups excluding carboxylic acids is 1. The molecule has 7 heteroatoms. The van der Waals surface area contributed by atoms with Crippen molar-refractivity contribution in [2.75, 3.05) is 0 Å². The van der Waals surface area contributed by atoms with E-state index in [2.05, 4.69) is 19.1 Å². The van der Waals surface area contributed by atoms with Gasteiger partial charge < -0.3 is 19.7 Å². The summed E-state index contributed by atoms with van der Waals surface area (Å²) >= 11 is 0. The lowest BCUT2D eigenvalue weighted by Gasteiger charge is -2.21. The van der Waals surface area contributed by atoms with Crippen molar-refractivity contribution in [3.05, 3.63) is 12.2 Å². The highest BCUT2D eigenvalue weighted by Crippen LogP contribution is 2.10. The van der Waals surface area contributed by atoms with Gasteiger partial charge in [0.2, 0.25) is 6.29 Å². The number of hydrogen-bond donors (Lipinski definition) is 2. The van der Waals surface area contributed by atoms with Gasteiger partial charge in [0.25, 0.3) is 0 Å². The fourth-order valence-electron chi connectivity index (χ4n) is 3.26. The van der Waals surface area contributed by atoms with Crippen molar-refractivity contribution >= 4 is 17.7 Å². The minimum Gasteiger partial charge on any atom is -0.481 e. The number of Topliss-reactive ketones (excluding diaryl/α,β-unsaturated/α-hetero) is 1. The molecule has 0 heterocycles. The monoisotopic (exact) mass is 500 g/mol. The third-order valence-corrected chi connectivity index (χ3v) is 5.03. The van der Waals surface area contributed by atoms with Crippen LogP contribution in [-0.4, -0.2) is 46.4 Å². The van der Waals surface area contributed by atoms with Gasteiger partial charge in [-0.1, -0.05) is 70.4 Å². The molecule has 0 aliphatic heterocycles. The highest BCUT2D eigenvalue weighted by Gasteiger charge is 2.24. The predicted molar refractivity (Wildman–Crippen MR) is 141 cm³/mol. The molecule has 0 aliphatic carbocycles. The summed E-state index contributed by atoms with van der Waals surface area (Å²) in [7, 11) is 0. The zero-order chi connectivity index (χ0) is 26.9. The van der Waals surface area contributed by atoms with E-state index in [0.29, 0.717) is 6.42 Å². The van der Waals surface area contributed by atoms with E-state index >= 15 is 0 Å². The first kappa shape index (κ1) is 35.4. The second-order valence-corrected chi connectivity index (χ2v) is 9.47. The van der Waals surface area contributed by atoms with Crippen LogP contribution >= 0.6 is 0 Å². The minimum absolute atomic E-state index is 0.188. The van der Waals surface area contributed by atoms with Gasteiger partial charge in [-0.2, -0.15) is 0 Å². The third kappa shape index (κ3) is 30.2. The average molecular weight is 501 g/mol. The fourth-order valence-corrected chi connectivity index (χ4v) is 3.26. The molecule has 0 amide bonds. The van der Waals surface area contributed by atoms with Crippen LogP contribution in [0.25, 0.3) is 0 Å². The van der Waals surface area contributed by atoms with Crippen LogP contribution < -0.4 is 0 Å². The first-order valence-corrected chi connectivity index (χ1v) is 13.5. The van der Waals surface area contributed by atoms with E-state index in [1.54, 1.807) is 27.7 Å². The van der Waals surface area contributed by atoms with E-state index in [4.69, 9.17) is 19.7 Å². The molecule has 206 valence electrons. The molecule has 0 saturated heterocycles. The molecular formula is C28H52O7. The lowest BCUT2D eigenvalue weighted by molar-refractivity contribution is -0.191. The van der Waals surface area contributed by atoms with Crippen LogP contribution in [0.5, 0.6) is 0 Å². The van der Waals surface area contributed by atoms with E-state index in [1.165, 1.54) is 70.6 Å². The Morgan fingerprint density at radius 1 is 0.657 bits per heavy atom. The molecule has 0 aromatic heterocycles. The third-order valence-electron chi connectivity index (χ3n) is 5.03. The molecule has 0 fully saturated rings. The smallest absolute Gasteiger partial charge is 0.311 e. The molecule has 0 rings (SSSR count). The molecule has 0 aromatic rings. The standard InChI is InChI=1S/C18H34O2.C10H18O5/c1-2-3-4-5-6-7-8-9-10-11-12-13-14-15-16-17-18(19)20;1-6(2)14-10(15-7(3)4)8(11)5-9(12)13/h9-10H,2-8,11-17H2,1H3,(H,19,20);6-7,10H,5H2,1-4H3,(H,12,13)/b10-9-;. The maximum atomic E-state index is 11.4. The maximum Gasteiger partial charge on any atom is 0.311 e. The van der Waals surface area contributed by atoms with E-state index in [1.807, 2.05) is 0 Å². The maximum absolute atomic E-state index is 11.4. The number of ketones is 1. The van der Waals surface area contributed by atoms with E-state index in [0.717, 1.165) is 12.8 Å². The normalized spacial score (nSPS) is 11.3. The zero-order valence-electron chi connectivity index (χ0n) is 22.9. The fraction of sp³-hybridized carbons (Fsp3) is 0.821. The summed E-state index contributed by atoms with van der Waals surface area (Å²) in [4.78, 5) is 32.1. The predicted octanol–water partition coefficient (Wildman–Crippen LogP) is 7.31. The van der Waals surface area contributed by atoms with Crippen LogP contribution in [0, 0.1) is 0 Å². The summed E-state index contributed by atoms with van der Waals surface area (Å²) < 4.78 is 10.4. The van der Waals surface area contributed by atoms with Crippen LogP contribution in [0.2, 0.25) is 0 Å². The van der Waals surface area contributed by atoms with Crippen molar-refractivity contribution in [2.24, 2.45) is 0 Å². The Morgan fingerprint density at radius 3 is 1.49 bits per heavy atom. The molecule has 0 saturated carbocycles. The quantitative estimate of drug-likeness (QED) is 0.0693. The number of hydrogen-bond acceptors (Lipinski definition) is 5. The Morgan fingerprint density at radius 2 is 1.09 bits per heavy atom. The lowest BCUT2D eigenvalue weighted by atomic mass is 10.1. The molecule has 0 aromatic carbocycles. The van der Waals surface area contributed by atoms with Crippen molar-refractivity contribution in [1.82, 2.24) is 0 Å². The second kappa shape index (κ2) is 25.4. The molecule has 0 unspecified atom stereocenters. The average Bonchev–Trinajstić information content (AvgIpc) is 2.75. The Labute approximate surface area is 213 Å². The van der Waals surface area contributed by atoms with Gasteiger partial charge in [0.05, 0.1) is 12.2 Å². The summed E-state index contributed by atoms with van der Waals surface area (Å²) in [5, 5.41) is 17.0. The lowest BCUT2D eigenvalue weighted by Crippen LogP contribution is -2.33. The Hall–Kier alpha value is -1.73. The van der Waals surface area contributed by atoms with Crippen LogP contribution in [0.4, 0.5) is 0 Å². The molecule has 2 N–H and O–H groups in total. The number of carboxylic acids is 2. The van der Waals surface area contributed by atoms with Gasteiger partial charge in [-0.3, -0.25) is 14.4 Å². The molecule has 0 aliphatic rings. The first-order valence-electron chi connectivity index (χ1n) is 13.5. The van der Waals surface area contributed by atoms with Gasteiger partial charge in [0.15, 0.2) is 5.78 Å². The van der Waals surface area contributed by atoms with Crippen LogP contribution in [0.3, 0.4) is 0 Å². The number of unbranched alkanes of at least 4 members (excludes halogenated alkanes) is 11. The number of allylic oxidation sites excluding steroid dienone is 2. The van der Waals surface area contributed by atoms with Gasteiger partial charge >= 0.3 is 11.9 Å². The molecule has 35 heavy (non-hydrogen) atoms. The molecular weight excluding hydrogens is 448 g/mol. The summed E-state index contributed by atoms with van der Waals surface area (Å²) in [6.07, 6.45) is 19.2. The molecule has 0 spiro atoms. The SMILES string of the molecule is CC(C)OC(OC(C)C)C(=O)CC(=O)O.CCCCCCCC/C=C\CCCCCCCC(=O)O. The number of carbonyl (C=O) groups is 3.